The van der Waals surface area contributed by atoms with Crippen LogP contribution in [0.1, 0.15) is 25.0 Å². The molecule has 1 aromatic carbocycles. The fraction of sp³-hybridized carbons (Fsp3) is 0.300. The summed E-state index contributed by atoms with van der Waals surface area (Å²) in [6, 6.07) is 10.8. The van der Waals surface area contributed by atoms with Crippen molar-refractivity contribution in [3.05, 3.63) is 59.9 Å². The van der Waals surface area contributed by atoms with Crippen molar-refractivity contribution in [2.75, 3.05) is 18.0 Å². The highest BCUT2D eigenvalue weighted by Crippen LogP contribution is 2.24. The second-order valence-corrected chi connectivity index (χ2v) is 8.04. The Morgan fingerprint density at radius 1 is 1.04 bits per heavy atom. The van der Waals surface area contributed by atoms with E-state index in [4.69, 9.17) is 0 Å². The van der Waals surface area contributed by atoms with Crippen molar-refractivity contribution >= 4 is 26.7 Å². The fourth-order valence-corrected chi connectivity index (χ4v) is 4.25. The summed E-state index contributed by atoms with van der Waals surface area (Å²) in [6.45, 7) is 8.02. The topological polar surface area (TPSA) is 75.2 Å². The Bertz CT molecular complexity index is 1030. The first-order valence-corrected chi connectivity index (χ1v) is 10.5. The van der Waals surface area contributed by atoms with Crippen LogP contribution >= 0.6 is 0 Å². The Hall–Kier alpha value is -2.51. The third-order valence-electron chi connectivity index (χ3n) is 4.58. The number of hydrogen-bond donors (Lipinski definition) is 1. The van der Waals surface area contributed by atoms with Gasteiger partial charge in [0, 0.05) is 37.4 Å². The zero-order valence-corrected chi connectivity index (χ0v) is 16.6. The quantitative estimate of drug-likeness (QED) is 0.677. The first kappa shape index (κ1) is 19.3. The zero-order chi connectivity index (χ0) is 19.4. The summed E-state index contributed by atoms with van der Waals surface area (Å²) in [5.74, 6) is 0.891. The number of aryl methyl sites for hydroxylation is 1. The van der Waals surface area contributed by atoms with E-state index in [1.165, 1.54) is 0 Å². The average Bonchev–Trinajstić information content (AvgIpc) is 2.69. The molecule has 0 aliphatic heterocycles. The largest absolute Gasteiger partial charge is 0.357 e. The summed E-state index contributed by atoms with van der Waals surface area (Å²) in [5.41, 5.74) is 2.45. The molecule has 0 aliphatic rings. The van der Waals surface area contributed by atoms with E-state index in [1.54, 1.807) is 36.7 Å². The van der Waals surface area contributed by atoms with E-state index in [2.05, 4.69) is 33.4 Å². The minimum absolute atomic E-state index is 0.184. The van der Waals surface area contributed by atoms with Crippen LogP contribution in [0.5, 0.6) is 0 Å². The molecule has 0 atom stereocenters. The van der Waals surface area contributed by atoms with Crippen molar-refractivity contribution in [1.82, 2.24) is 14.7 Å². The predicted molar refractivity (Wildman–Crippen MR) is 108 cm³/mol. The number of sulfonamides is 1. The van der Waals surface area contributed by atoms with Crippen LogP contribution in [0.25, 0.3) is 10.9 Å². The molecule has 6 nitrogen and oxygen atoms in total. The van der Waals surface area contributed by atoms with Crippen LogP contribution in [0.3, 0.4) is 0 Å². The summed E-state index contributed by atoms with van der Waals surface area (Å²) < 4.78 is 28.3. The molecule has 0 amide bonds. The van der Waals surface area contributed by atoms with E-state index in [-0.39, 0.29) is 11.4 Å². The van der Waals surface area contributed by atoms with Gasteiger partial charge in [-0.05, 0) is 56.2 Å². The van der Waals surface area contributed by atoms with Gasteiger partial charge in [0.15, 0.2) is 0 Å². The van der Waals surface area contributed by atoms with E-state index in [0.717, 1.165) is 30.0 Å². The van der Waals surface area contributed by atoms with Crippen LogP contribution in [0.2, 0.25) is 0 Å². The molecule has 3 aromatic rings. The van der Waals surface area contributed by atoms with E-state index in [1.807, 2.05) is 19.1 Å². The van der Waals surface area contributed by atoms with Gasteiger partial charge in [-0.25, -0.2) is 18.1 Å². The van der Waals surface area contributed by atoms with E-state index in [9.17, 15) is 8.42 Å². The van der Waals surface area contributed by atoms with Crippen molar-refractivity contribution in [3.63, 3.8) is 0 Å². The molecule has 0 radical (unpaired) electrons. The number of nitrogens with zero attached hydrogens (tertiary/aromatic N) is 3. The van der Waals surface area contributed by atoms with Gasteiger partial charge in [-0.1, -0.05) is 12.1 Å². The van der Waals surface area contributed by atoms with Gasteiger partial charge in [-0.15, -0.1) is 0 Å². The van der Waals surface area contributed by atoms with Crippen LogP contribution in [0, 0.1) is 6.92 Å². The number of rotatable bonds is 7. The normalized spacial score (nSPS) is 11.7. The molecule has 3 rings (SSSR count). The van der Waals surface area contributed by atoms with Crippen LogP contribution < -0.4 is 9.62 Å². The lowest BCUT2D eigenvalue weighted by Gasteiger charge is -2.19. The van der Waals surface area contributed by atoms with Gasteiger partial charge in [0.2, 0.25) is 10.0 Å². The van der Waals surface area contributed by atoms with Crippen molar-refractivity contribution in [1.29, 1.82) is 0 Å². The smallest absolute Gasteiger partial charge is 0.241 e. The van der Waals surface area contributed by atoms with Crippen LogP contribution in [-0.4, -0.2) is 31.5 Å². The average molecular weight is 385 g/mol. The Morgan fingerprint density at radius 3 is 2.48 bits per heavy atom. The molecule has 1 N–H and O–H groups in total. The fourth-order valence-electron chi connectivity index (χ4n) is 3.03. The minimum Gasteiger partial charge on any atom is -0.357 e. The Kier molecular flexibility index (Phi) is 5.72. The number of anilines is 1. The summed E-state index contributed by atoms with van der Waals surface area (Å²) in [6.07, 6.45) is 3.38. The van der Waals surface area contributed by atoms with Crippen LogP contribution in [-0.2, 0) is 16.6 Å². The molecule has 0 bridgehead atoms. The number of hydrogen-bond acceptors (Lipinski definition) is 5. The number of aromatic nitrogens is 2. The molecule has 2 aromatic heterocycles. The molecular weight excluding hydrogens is 360 g/mol. The van der Waals surface area contributed by atoms with Gasteiger partial charge < -0.3 is 4.90 Å². The lowest BCUT2D eigenvalue weighted by atomic mass is 10.1. The zero-order valence-electron chi connectivity index (χ0n) is 15.8. The predicted octanol–water partition coefficient (Wildman–Crippen LogP) is 3.26. The van der Waals surface area contributed by atoms with Crippen LogP contribution in [0.15, 0.2) is 53.7 Å². The third kappa shape index (κ3) is 4.09. The van der Waals surface area contributed by atoms with Crippen molar-refractivity contribution in [3.8, 4) is 0 Å². The second-order valence-electron chi connectivity index (χ2n) is 6.30. The van der Waals surface area contributed by atoms with Crippen LogP contribution in [0.4, 0.5) is 5.82 Å². The number of benzene rings is 1. The molecule has 0 saturated carbocycles. The van der Waals surface area contributed by atoms with Crippen molar-refractivity contribution < 1.29 is 8.42 Å². The molecule has 142 valence electrons. The van der Waals surface area contributed by atoms with E-state index >= 15 is 0 Å². The molecule has 0 saturated heterocycles. The molecule has 2 heterocycles. The molecule has 0 unspecified atom stereocenters. The second kappa shape index (κ2) is 8.02. The first-order chi connectivity index (χ1) is 13.0. The highest BCUT2D eigenvalue weighted by atomic mass is 32.2. The number of nitrogens with one attached hydrogen (secondary N) is 1. The minimum atomic E-state index is -3.67. The monoisotopic (exact) mass is 384 g/mol. The maximum atomic E-state index is 12.8. The molecule has 0 spiro atoms. The molecular formula is C20H24N4O2S. The Morgan fingerprint density at radius 2 is 1.81 bits per heavy atom. The Balaban J connectivity index is 1.81. The number of fused-ring (bicyclic) bond motifs is 1. The summed E-state index contributed by atoms with van der Waals surface area (Å²) in [7, 11) is -3.67. The van der Waals surface area contributed by atoms with Gasteiger partial charge in [0.25, 0.3) is 0 Å². The summed E-state index contributed by atoms with van der Waals surface area (Å²) in [4.78, 5) is 11.1. The van der Waals surface area contributed by atoms with Gasteiger partial charge >= 0.3 is 0 Å². The maximum Gasteiger partial charge on any atom is 0.241 e. The van der Waals surface area contributed by atoms with E-state index in [0.29, 0.717) is 10.9 Å². The number of pyridine rings is 2. The summed E-state index contributed by atoms with van der Waals surface area (Å²) in [5, 5.41) is 0.625. The summed E-state index contributed by atoms with van der Waals surface area (Å²) >= 11 is 0. The van der Waals surface area contributed by atoms with Gasteiger partial charge in [-0.3, -0.25) is 4.98 Å². The first-order valence-electron chi connectivity index (χ1n) is 9.00. The van der Waals surface area contributed by atoms with E-state index < -0.39 is 10.0 Å². The standard InChI is InChI=1S/C20H24N4O2S/c1-4-24(5-2)19-11-9-16(13-22-19)14-23-27(25,26)18-10-8-15(3)20-17(18)7-6-12-21-20/h6-13,23H,4-5,14H2,1-3H3. The molecule has 7 heteroatoms. The highest BCUT2D eigenvalue weighted by molar-refractivity contribution is 7.89. The lowest BCUT2D eigenvalue weighted by molar-refractivity contribution is 0.582. The van der Waals surface area contributed by atoms with Crippen molar-refractivity contribution in [2.45, 2.75) is 32.2 Å². The SMILES string of the molecule is CCN(CC)c1ccc(CNS(=O)(=O)c2ccc(C)c3ncccc23)cn1. The van der Waals surface area contributed by atoms with Crippen molar-refractivity contribution in [2.24, 2.45) is 0 Å². The molecule has 0 aliphatic carbocycles. The van der Waals surface area contributed by atoms with Gasteiger partial charge in [0.1, 0.15) is 5.82 Å². The molecule has 0 fully saturated rings. The third-order valence-corrected chi connectivity index (χ3v) is 6.04. The molecule has 27 heavy (non-hydrogen) atoms. The van der Waals surface area contributed by atoms with Gasteiger partial charge in [0.05, 0.1) is 10.4 Å². The maximum absolute atomic E-state index is 12.8. The highest BCUT2D eigenvalue weighted by Gasteiger charge is 2.18. The lowest BCUT2D eigenvalue weighted by Crippen LogP contribution is -2.24. The van der Waals surface area contributed by atoms with Gasteiger partial charge in [-0.2, -0.15) is 0 Å². The Labute approximate surface area is 160 Å².